The quantitative estimate of drug-likeness (QED) is 0.694. The maximum absolute atomic E-state index is 10.7. The first-order chi connectivity index (χ1) is 10.0. The molecular formula is C13H13Br2N3O2S. The summed E-state index contributed by atoms with van der Waals surface area (Å²) in [5.74, 6) is -0.148. The van der Waals surface area contributed by atoms with Crippen LogP contribution in [0.2, 0.25) is 0 Å². The first-order valence-electron chi connectivity index (χ1n) is 6.26. The van der Waals surface area contributed by atoms with Gasteiger partial charge in [0.15, 0.2) is 11.0 Å². The summed E-state index contributed by atoms with van der Waals surface area (Å²) in [6.07, 6.45) is 0.916. The number of aliphatic carboxylic acids is 1. The normalized spacial score (nSPS) is 10.8. The van der Waals surface area contributed by atoms with Crippen molar-refractivity contribution in [1.82, 2.24) is 14.8 Å². The number of hydrogen-bond donors (Lipinski definition) is 1. The highest BCUT2D eigenvalue weighted by Gasteiger charge is 2.16. The van der Waals surface area contributed by atoms with E-state index in [4.69, 9.17) is 5.11 Å². The standard InChI is InChI=1S/C13H13Br2N3O2S/c1-2-5-18-12(9-4-3-8(14)6-10(9)15)16-17-13(18)21-7-11(19)20/h3-4,6H,2,5,7H2,1H3,(H,19,20). The first kappa shape index (κ1) is 16.5. The molecule has 5 nitrogen and oxygen atoms in total. The number of rotatable bonds is 6. The third-order valence-electron chi connectivity index (χ3n) is 2.66. The molecule has 0 amide bonds. The Balaban J connectivity index is 2.41. The van der Waals surface area contributed by atoms with Crippen LogP contribution in [0, 0.1) is 0 Å². The molecule has 0 spiro atoms. The molecule has 21 heavy (non-hydrogen) atoms. The van der Waals surface area contributed by atoms with Crippen LogP contribution in [-0.4, -0.2) is 31.6 Å². The van der Waals surface area contributed by atoms with E-state index < -0.39 is 5.97 Å². The highest BCUT2D eigenvalue weighted by Crippen LogP contribution is 2.31. The molecule has 0 radical (unpaired) electrons. The fourth-order valence-corrected chi connectivity index (χ4v) is 3.73. The fourth-order valence-electron chi connectivity index (χ4n) is 1.82. The first-order valence-corrected chi connectivity index (χ1v) is 8.83. The van der Waals surface area contributed by atoms with E-state index in [0.29, 0.717) is 5.16 Å². The summed E-state index contributed by atoms with van der Waals surface area (Å²) in [6, 6.07) is 5.84. The molecule has 0 aliphatic rings. The summed E-state index contributed by atoms with van der Waals surface area (Å²) in [4.78, 5) is 10.7. The van der Waals surface area contributed by atoms with Crippen LogP contribution in [0.5, 0.6) is 0 Å². The van der Waals surface area contributed by atoms with Crippen LogP contribution in [0.1, 0.15) is 13.3 Å². The molecule has 112 valence electrons. The lowest BCUT2D eigenvalue weighted by molar-refractivity contribution is -0.133. The molecule has 0 unspecified atom stereocenters. The minimum Gasteiger partial charge on any atom is -0.481 e. The monoisotopic (exact) mass is 433 g/mol. The topological polar surface area (TPSA) is 68.0 Å². The van der Waals surface area contributed by atoms with Gasteiger partial charge >= 0.3 is 5.97 Å². The molecule has 0 aliphatic heterocycles. The number of halogens is 2. The predicted octanol–water partition coefficient (Wildman–Crippen LogP) is 4.06. The number of benzene rings is 1. The molecule has 1 N–H and O–H groups in total. The largest absolute Gasteiger partial charge is 0.481 e. The second-order valence-electron chi connectivity index (χ2n) is 4.26. The van der Waals surface area contributed by atoms with Crippen LogP contribution in [0.3, 0.4) is 0 Å². The highest BCUT2D eigenvalue weighted by molar-refractivity contribution is 9.11. The Kier molecular flexibility index (Phi) is 5.83. The number of carboxylic acids is 1. The van der Waals surface area contributed by atoms with E-state index in [1.54, 1.807) is 0 Å². The van der Waals surface area contributed by atoms with E-state index in [2.05, 4.69) is 49.0 Å². The number of carboxylic acid groups (broad SMARTS) is 1. The van der Waals surface area contributed by atoms with Gasteiger partial charge in [-0.1, -0.05) is 34.6 Å². The van der Waals surface area contributed by atoms with Crippen molar-refractivity contribution >= 4 is 49.6 Å². The summed E-state index contributed by atoms with van der Waals surface area (Å²) in [7, 11) is 0. The number of carbonyl (C=O) groups is 1. The summed E-state index contributed by atoms with van der Waals surface area (Å²) in [6.45, 7) is 2.80. The van der Waals surface area contributed by atoms with Crippen LogP contribution in [0.4, 0.5) is 0 Å². The van der Waals surface area contributed by atoms with E-state index in [0.717, 1.165) is 33.3 Å². The zero-order chi connectivity index (χ0) is 15.4. The van der Waals surface area contributed by atoms with Gasteiger partial charge in [-0.2, -0.15) is 0 Å². The van der Waals surface area contributed by atoms with Crippen LogP contribution >= 0.6 is 43.6 Å². The molecule has 0 saturated carbocycles. The zero-order valence-corrected chi connectivity index (χ0v) is 15.2. The van der Waals surface area contributed by atoms with E-state index in [-0.39, 0.29) is 5.75 Å². The molecule has 2 rings (SSSR count). The van der Waals surface area contributed by atoms with Gasteiger partial charge in [-0.25, -0.2) is 0 Å². The second-order valence-corrected chi connectivity index (χ2v) is 6.98. The van der Waals surface area contributed by atoms with Crippen molar-refractivity contribution in [2.24, 2.45) is 0 Å². The molecule has 1 aromatic heterocycles. The van der Waals surface area contributed by atoms with Crippen molar-refractivity contribution in [1.29, 1.82) is 0 Å². The van der Waals surface area contributed by atoms with Gasteiger partial charge in [-0.15, -0.1) is 10.2 Å². The summed E-state index contributed by atoms with van der Waals surface area (Å²) >= 11 is 8.14. The Morgan fingerprint density at radius 2 is 2.14 bits per heavy atom. The Hall–Kier alpha value is -0.860. The van der Waals surface area contributed by atoms with Gasteiger partial charge in [-0.05, 0) is 40.5 Å². The SMILES string of the molecule is CCCn1c(SCC(=O)O)nnc1-c1ccc(Br)cc1Br. The molecular weight excluding hydrogens is 422 g/mol. The molecule has 0 aliphatic carbocycles. The van der Waals surface area contributed by atoms with E-state index in [9.17, 15) is 4.79 Å². The van der Waals surface area contributed by atoms with Crippen LogP contribution in [0.25, 0.3) is 11.4 Å². The van der Waals surface area contributed by atoms with Crippen LogP contribution < -0.4 is 0 Å². The van der Waals surface area contributed by atoms with Crippen molar-refractivity contribution < 1.29 is 9.90 Å². The fraction of sp³-hybridized carbons (Fsp3) is 0.308. The maximum atomic E-state index is 10.7. The van der Waals surface area contributed by atoms with Gasteiger partial charge < -0.3 is 9.67 Å². The zero-order valence-electron chi connectivity index (χ0n) is 11.2. The van der Waals surface area contributed by atoms with Gasteiger partial charge in [0.05, 0.1) is 5.75 Å². The minimum atomic E-state index is -0.863. The number of aromatic nitrogens is 3. The number of hydrogen-bond acceptors (Lipinski definition) is 4. The lowest BCUT2D eigenvalue weighted by atomic mass is 10.2. The van der Waals surface area contributed by atoms with Crippen LogP contribution in [0.15, 0.2) is 32.3 Å². The van der Waals surface area contributed by atoms with Crippen molar-refractivity contribution in [3.05, 3.63) is 27.1 Å². The van der Waals surface area contributed by atoms with Crippen molar-refractivity contribution in [3.8, 4) is 11.4 Å². The molecule has 0 fully saturated rings. The Morgan fingerprint density at radius 1 is 1.38 bits per heavy atom. The summed E-state index contributed by atoms with van der Waals surface area (Å²) in [5.41, 5.74) is 0.932. The van der Waals surface area contributed by atoms with E-state index in [1.807, 2.05) is 22.8 Å². The third-order valence-corrected chi connectivity index (χ3v) is 4.76. The number of thioether (sulfide) groups is 1. The summed E-state index contributed by atoms with van der Waals surface area (Å²) < 4.78 is 3.85. The lowest BCUT2D eigenvalue weighted by Gasteiger charge is -2.09. The van der Waals surface area contributed by atoms with Crippen molar-refractivity contribution in [3.63, 3.8) is 0 Å². The van der Waals surface area contributed by atoms with Gasteiger partial charge in [0.25, 0.3) is 0 Å². The van der Waals surface area contributed by atoms with E-state index in [1.165, 1.54) is 11.8 Å². The van der Waals surface area contributed by atoms with Gasteiger partial charge in [0.2, 0.25) is 0 Å². The molecule has 1 heterocycles. The maximum Gasteiger partial charge on any atom is 0.313 e. The molecule has 0 bridgehead atoms. The third kappa shape index (κ3) is 4.08. The van der Waals surface area contributed by atoms with E-state index >= 15 is 0 Å². The lowest BCUT2D eigenvalue weighted by Crippen LogP contribution is -2.04. The second kappa shape index (κ2) is 7.42. The molecule has 2 aromatic rings. The number of nitrogens with zero attached hydrogens (tertiary/aromatic N) is 3. The average Bonchev–Trinajstić information content (AvgIpc) is 2.80. The highest BCUT2D eigenvalue weighted by atomic mass is 79.9. The average molecular weight is 435 g/mol. The van der Waals surface area contributed by atoms with Gasteiger partial charge in [0, 0.05) is 21.1 Å². The Morgan fingerprint density at radius 3 is 2.76 bits per heavy atom. The van der Waals surface area contributed by atoms with Gasteiger partial charge in [0.1, 0.15) is 0 Å². The smallest absolute Gasteiger partial charge is 0.313 e. The Bertz CT molecular complexity index is 661. The predicted molar refractivity (Wildman–Crippen MR) is 89.5 cm³/mol. The molecule has 0 saturated heterocycles. The van der Waals surface area contributed by atoms with Gasteiger partial charge in [-0.3, -0.25) is 4.79 Å². The molecule has 0 atom stereocenters. The molecule has 8 heteroatoms. The van der Waals surface area contributed by atoms with Crippen molar-refractivity contribution in [2.75, 3.05) is 5.75 Å². The van der Waals surface area contributed by atoms with Crippen LogP contribution in [-0.2, 0) is 11.3 Å². The van der Waals surface area contributed by atoms with Crippen molar-refractivity contribution in [2.45, 2.75) is 25.0 Å². The molecule has 1 aromatic carbocycles. The summed E-state index contributed by atoms with van der Waals surface area (Å²) in [5, 5.41) is 17.8. The Labute approximate surface area is 143 Å². The minimum absolute atomic E-state index is 0.0244.